The zero-order valence-corrected chi connectivity index (χ0v) is 10.5. The van der Waals surface area contributed by atoms with E-state index in [1.165, 1.54) is 25.3 Å². The molecule has 1 rings (SSSR count). The number of hydrogen-bond donors (Lipinski definition) is 0. The fraction of sp³-hybridized carbons (Fsp3) is 0.455. The Morgan fingerprint density at radius 3 is 2.06 bits per heavy atom. The molecule has 0 atom stereocenters. The lowest BCUT2D eigenvalue weighted by atomic mass is 10.4. The van der Waals surface area contributed by atoms with Crippen molar-refractivity contribution < 1.29 is 19.1 Å². The summed E-state index contributed by atoms with van der Waals surface area (Å²) in [7, 11) is 2.55. The highest BCUT2D eigenvalue weighted by Gasteiger charge is 2.17. The van der Waals surface area contributed by atoms with E-state index in [2.05, 4.69) is 19.4 Å². The first-order valence-electron chi connectivity index (χ1n) is 5.24. The quantitative estimate of drug-likeness (QED) is 0.680. The molecule has 7 nitrogen and oxygen atoms in total. The van der Waals surface area contributed by atoms with Gasteiger partial charge in [0.1, 0.15) is 18.9 Å². The van der Waals surface area contributed by atoms with Crippen LogP contribution in [0.2, 0.25) is 0 Å². The Bertz CT molecular complexity index is 401. The van der Waals surface area contributed by atoms with Crippen LogP contribution in [0.4, 0.5) is 5.82 Å². The van der Waals surface area contributed by atoms with Crippen molar-refractivity contribution in [1.82, 2.24) is 9.97 Å². The van der Waals surface area contributed by atoms with Crippen LogP contribution in [0.25, 0.3) is 0 Å². The molecule has 0 aliphatic rings. The number of nitrogens with zero attached hydrogens (tertiary/aromatic N) is 3. The van der Waals surface area contributed by atoms with E-state index in [0.29, 0.717) is 5.82 Å². The molecule has 18 heavy (non-hydrogen) atoms. The first kappa shape index (κ1) is 13.9. The van der Waals surface area contributed by atoms with Gasteiger partial charge in [0.2, 0.25) is 0 Å². The lowest BCUT2D eigenvalue weighted by molar-refractivity contribution is -0.140. The first-order valence-corrected chi connectivity index (χ1v) is 5.24. The second-order valence-electron chi connectivity index (χ2n) is 3.52. The van der Waals surface area contributed by atoms with Crippen molar-refractivity contribution in [2.24, 2.45) is 0 Å². The molecule has 0 aliphatic heterocycles. The SMILES string of the molecule is COC(=O)CN(CC(=O)OC)c1cnc(C)cn1. The molecule has 0 aliphatic carbocycles. The number of methoxy groups -OCH3 is 2. The molecular weight excluding hydrogens is 238 g/mol. The van der Waals surface area contributed by atoms with E-state index < -0.39 is 11.9 Å². The molecule has 0 saturated heterocycles. The van der Waals surface area contributed by atoms with Crippen molar-refractivity contribution in [1.29, 1.82) is 0 Å². The van der Waals surface area contributed by atoms with Crippen molar-refractivity contribution >= 4 is 17.8 Å². The Hall–Kier alpha value is -2.18. The topological polar surface area (TPSA) is 81.6 Å². The monoisotopic (exact) mass is 253 g/mol. The van der Waals surface area contributed by atoms with E-state index in [9.17, 15) is 9.59 Å². The molecule has 0 unspecified atom stereocenters. The molecular formula is C11H15N3O4. The molecule has 0 aromatic carbocycles. The average Bonchev–Trinajstić information content (AvgIpc) is 2.38. The van der Waals surface area contributed by atoms with Crippen LogP contribution in [0, 0.1) is 6.92 Å². The minimum atomic E-state index is -0.471. The van der Waals surface area contributed by atoms with Crippen LogP contribution in [0.3, 0.4) is 0 Å². The Balaban J connectivity index is 2.85. The fourth-order valence-electron chi connectivity index (χ4n) is 1.21. The Morgan fingerprint density at radius 2 is 1.67 bits per heavy atom. The summed E-state index contributed by atoms with van der Waals surface area (Å²) in [6.07, 6.45) is 3.04. The van der Waals surface area contributed by atoms with Gasteiger partial charge in [0.15, 0.2) is 0 Å². The van der Waals surface area contributed by atoms with Gasteiger partial charge in [-0.3, -0.25) is 14.6 Å². The second-order valence-corrected chi connectivity index (χ2v) is 3.52. The molecule has 98 valence electrons. The van der Waals surface area contributed by atoms with E-state index >= 15 is 0 Å². The molecule has 0 N–H and O–H groups in total. The van der Waals surface area contributed by atoms with Crippen LogP contribution in [0.15, 0.2) is 12.4 Å². The summed E-state index contributed by atoms with van der Waals surface area (Å²) in [5.74, 6) is -0.529. The van der Waals surface area contributed by atoms with Gasteiger partial charge in [-0.15, -0.1) is 0 Å². The van der Waals surface area contributed by atoms with Gasteiger partial charge in [-0.05, 0) is 6.92 Å². The minimum Gasteiger partial charge on any atom is -0.468 e. The number of hydrogen-bond acceptors (Lipinski definition) is 7. The van der Waals surface area contributed by atoms with Gasteiger partial charge >= 0.3 is 11.9 Å². The van der Waals surface area contributed by atoms with E-state index in [0.717, 1.165) is 5.69 Å². The maximum absolute atomic E-state index is 11.3. The summed E-state index contributed by atoms with van der Waals surface area (Å²) in [6, 6.07) is 0. The third-order valence-electron chi connectivity index (χ3n) is 2.19. The van der Waals surface area contributed by atoms with Gasteiger partial charge in [0.05, 0.1) is 32.3 Å². The highest BCUT2D eigenvalue weighted by atomic mass is 16.5. The predicted octanol–water partition coefficient (Wildman–Crippen LogP) is -0.0626. The summed E-state index contributed by atoms with van der Waals surface area (Å²) >= 11 is 0. The molecule has 1 aromatic rings. The molecule has 1 heterocycles. The van der Waals surface area contributed by atoms with Crippen LogP contribution in [-0.4, -0.2) is 49.2 Å². The van der Waals surface area contributed by atoms with Crippen molar-refractivity contribution in [3.63, 3.8) is 0 Å². The number of carbonyl (C=O) groups is 2. The number of rotatable bonds is 5. The Kier molecular flexibility index (Phi) is 5.04. The van der Waals surface area contributed by atoms with Crippen molar-refractivity contribution in [3.05, 3.63) is 18.1 Å². The van der Waals surface area contributed by atoms with Crippen molar-refractivity contribution in [2.75, 3.05) is 32.2 Å². The number of aryl methyl sites for hydroxylation is 1. The van der Waals surface area contributed by atoms with Crippen LogP contribution in [-0.2, 0) is 19.1 Å². The third kappa shape index (κ3) is 4.00. The van der Waals surface area contributed by atoms with Gasteiger partial charge in [0.25, 0.3) is 0 Å². The van der Waals surface area contributed by atoms with E-state index in [4.69, 9.17) is 0 Å². The number of anilines is 1. The van der Waals surface area contributed by atoms with Gasteiger partial charge in [0, 0.05) is 0 Å². The van der Waals surface area contributed by atoms with Crippen LogP contribution in [0.1, 0.15) is 5.69 Å². The number of aromatic nitrogens is 2. The van der Waals surface area contributed by atoms with Gasteiger partial charge < -0.3 is 14.4 Å². The normalized spacial score (nSPS) is 9.72. The summed E-state index contributed by atoms with van der Waals surface area (Å²) in [5.41, 5.74) is 0.745. The maximum Gasteiger partial charge on any atom is 0.325 e. The Labute approximate surface area is 105 Å². The van der Waals surface area contributed by atoms with E-state index in [-0.39, 0.29) is 13.1 Å². The molecule has 0 bridgehead atoms. The average molecular weight is 253 g/mol. The van der Waals surface area contributed by atoms with Crippen LogP contribution < -0.4 is 4.90 Å². The number of carbonyl (C=O) groups excluding carboxylic acids is 2. The molecule has 0 saturated carbocycles. The van der Waals surface area contributed by atoms with Crippen LogP contribution >= 0.6 is 0 Å². The summed E-state index contributed by atoms with van der Waals surface area (Å²) in [5, 5.41) is 0. The maximum atomic E-state index is 11.3. The van der Waals surface area contributed by atoms with Crippen molar-refractivity contribution in [3.8, 4) is 0 Å². The third-order valence-corrected chi connectivity index (χ3v) is 2.19. The van der Waals surface area contributed by atoms with E-state index in [1.54, 1.807) is 13.1 Å². The van der Waals surface area contributed by atoms with Gasteiger partial charge in [-0.2, -0.15) is 0 Å². The zero-order chi connectivity index (χ0) is 13.5. The molecule has 0 spiro atoms. The lowest BCUT2D eigenvalue weighted by Gasteiger charge is -2.20. The summed E-state index contributed by atoms with van der Waals surface area (Å²) in [4.78, 5) is 32.1. The molecule has 0 fully saturated rings. The molecule has 1 aromatic heterocycles. The molecule has 0 amide bonds. The Morgan fingerprint density at radius 1 is 1.11 bits per heavy atom. The van der Waals surface area contributed by atoms with Crippen LogP contribution in [0.5, 0.6) is 0 Å². The standard InChI is InChI=1S/C11H15N3O4/c1-8-4-13-9(5-12-8)14(6-10(15)17-2)7-11(16)18-3/h4-5H,6-7H2,1-3H3. The predicted molar refractivity (Wildman–Crippen MR) is 63.0 cm³/mol. The van der Waals surface area contributed by atoms with Gasteiger partial charge in [-0.1, -0.05) is 0 Å². The summed E-state index contributed by atoms with van der Waals surface area (Å²) < 4.78 is 9.12. The van der Waals surface area contributed by atoms with Gasteiger partial charge in [-0.25, -0.2) is 4.98 Å². The molecule has 0 radical (unpaired) electrons. The smallest absolute Gasteiger partial charge is 0.325 e. The fourth-order valence-corrected chi connectivity index (χ4v) is 1.21. The molecule has 7 heteroatoms. The highest BCUT2D eigenvalue weighted by molar-refractivity contribution is 5.80. The van der Waals surface area contributed by atoms with Crippen molar-refractivity contribution in [2.45, 2.75) is 6.92 Å². The number of ether oxygens (including phenoxy) is 2. The first-order chi connectivity index (χ1) is 8.56. The largest absolute Gasteiger partial charge is 0.468 e. The number of esters is 2. The highest BCUT2D eigenvalue weighted by Crippen LogP contribution is 2.08. The summed E-state index contributed by atoms with van der Waals surface area (Å²) in [6.45, 7) is 1.61. The second kappa shape index (κ2) is 6.53. The minimum absolute atomic E-state index is 0.0939. The lowest BCUT2D eigenvalue weighted by Crippen LogP contribution is -2.36. The zero-order valence-electron chi connectivity index (χ0n) is 10.5. The van der Waals surface area contributed by atoms with E-state index in [1.807, 2.05) is 0 Å².